The van der Waals surface area contributed by atoms with Crippen molar-refractivity contribution in [3.05, 3.63) is 29.6 Å². The number of rotatable bonds is 5. The van der Waals surface area contributed by atoms with Gasteiger partial charge in [-0.15, -0.1) is 0 Å². The number of hydrogen-bond donors (Lipinski definition) is 2. The van der Waals surface area contributed by atoms with Crippen LogP contribution in [0.5, 0.6) is 0 Å². The van der Waals surface area contributed by atoms with Crippen molar-refractivity contribution < 1.29 is 14.7 Å². The Kier molecular flexibility index (Phi) is 5.35. The van der Waals surface area contributed by atoms with E-state index in [1.807, 2.05) is 0 Å². The second kappa shape index (κ2) is 6.56. The zero-order valence-electron chi connectivity index (χ0n) is 11.3. The van der Waals surface area contributed by atoms with E-state index in [0.29, 0.717) is 6.54 Å². The number of amides is 1. The third-order valence-corrected chi connectivity index (χ3v) is 3.40. The van der Waals surface area contributed by atoms with Crippen molar-refractivity contribution in [2.24, 2.45) is 0 Å². The predicted octanol–water partition coefficient (Wildman–Crippen LogP) is 2.04. The van der Waals surface area contributed by atoms with Crippen LogP contribution in [0.4, 0.5) is 0 Å². The maximum Gasteiger partial charge on any atom is 0.354 e. The van der Waals surface area contributed by atoms with Gasteiger partial charge in [0.2, 0.25) is 0 Å². The molecule has 0 aliphatic carbocycles. The first-order valence-electron chi connectivity index (χ1n) is 5.92. The highest BCUT2D eigenvalue weighted by molar-refractivity contribution is 8.00. The molecule has 1 amide bonds. The van der Waals surface area contributed by atoms with Gasteiger partial charge in [-0.2, -0.15) is 11.8 Å². The van der Waals surface area contributed by atoms with E-state index in [0.717, 1.165) is 5.75 Å². The van der Waals surface area contributed by atoms with Gasteiger partial charge in [-0.3, -0.25) is 4.79 Å². The van der Waals surface area contributed by atoms with Gasteiger partial charge in [0, 0.05) is 17.0 Å². The largest absolute Gasteiger partial charge is 0.477 e. The lowest BCUT2D eigenvalue weighted by molar-refractivity contribution is 0.0690. The molecule has 0 saturated carbocycles. The molecule has 5 nitrogen and oxygen atoms in total. The Hall–Kier alpha value is -1.56. The van der Waals surface area contributed by atoms with E-state index in [2.05, 4.69) is 31.1 Å². The Bertz CT molecular complexity index is 469. The summed E-state index contributed by atoms with van der Waals surface area (Å²) >= 11 is 1.75. The molecule has 0 saturated heterocycles. The molecule has 0 bridgehead atoms. The lowest BCUT2D eigenvalue weighted by Crippen LogP contribution is -2.28. The quantitative estimate of drug-likeness (QED) is 0.808. The summed E-state index contributed by atoms with van der Waals surface area (Å²) in [6, 6.07) is 4.36. The molecular formula is C13H18N2O3S. The zero-order valence-corrected chi connectivity index (χ0v) is 12.1. The molecule has 0 radical (unpaired) electrons. The van der Waals surface area contributed by atoms with Crippen molar-refractivity contribution in [3.63, 3.8) is 0 Å². The van der Waals surface area contributed by atoms with Crippen molar-refractivity contribution in [1.82, 2.24) is 10.3 Å². The Morgan fingerprint density at radius 1 is 1.32 bits per heavy atom. The van der Waals surface area contributed by atoms with E-state index in [1.165, 1.54) is 18.2 Å². The van der Waals surface area contributed by atoms with Crippen molar-refractivity contribution in [1.29, 1.82) is 0 Å². The van der Waals surface area contributed by atoms with Gasteiger partial charge >= 0.3 is 5.97 Å². The second-order valence-corrected chi connectivity index (χ2v) is 6.85. The summed E-state index contributed by atoms with van der Waals surface area (Å²) in [5.41, 5.74) is -0.00243. The van der Waals surface area contributed by atoms with Crippen LogP contribution in [0.1, 0.15) is 41.7 Å². The number of hydrogen-bond acceptors (Lipinski definition) is 4. The summed E-state index contributed by atoms with van der Waals surface area (Å²) in [7, 11) is 0. The lowest BCUT2D eigenvalue weighted by atomic mass is 10.3. The van der Waals surface area contributed by atoms with E-state index >= 15 is 0 Å². The monoisotopic (exact) mass is 282 g/mol. The summed E-state index contributed by atoms with van der Waals surface area (Å²) in [4.78, 5) is 26.3. The topological polar surface area (TPSA) is 79.3 Å². The van der Waals surface area contributed by atoms with Crippen molar-refractivity contribution in [2.45, 2.75) is 25.5 Å². The molecule has 0 unspecified atom stereocenters. The fraction of sp³-hybridized carbons (Fsp3) is 0.462. The molecule has 104 valence electrons. The van der Waals surface area contributed by atoms with Crippen LogP contribution in [-0.2, 0) is 0 Å². The van der Waals surface area contributed by atoms with E-state index < -0.39 is 5.97 Å². The van der Waals surface area contributed by atoms with Gasteiger partial charge in [0.05, 0.1) is 0 Å². The lowest BCUT2D eigenvalue weighted by Gasteiger charge is -2.17. The van der Waals surface area contributed by atoms with Crippen molar-refractivity contribution in [3.8, 4) is 0 Å². The second-order valence-electron chi connectivity index (χ2n) is 4.93. The Morgan fingerprint density at radius 2 is 1.95 bits per heavy atom. The maximum absolute atomic E-state index is 11.8. The van der Waals surface area contributed by atoms with Crippen LogP contribution in [0.25, 0.3) is 0 Å². The van der Waals surface area contributed by atoms with Crippen LogP contribution in [-0.4, -0.2) is 39.0 Å². The average molecular weight is 282 g/mol. The molecular weight excluding hydrogens is 264 g/mol. The van der Waals surface area contributed by atoms with Crippen LogP contribution in [0.15, 0.2) is 18.2 Å². The van der Waals surface area contributed by atoms with Crippen LogP contribution in [0.2, 0.25) is 0 Å². The van der Waals surface area contributed by atoms with E-state index in [1.54, 1.807) is 11.8 Å². The number of pyridine rings is 1. The van der Waals surface area contributed by atoms with Crippen molar-refractivity contribution in [2.75, 3.05) is 12.3 Å². The highest BCUT2D eigenvalue weighted by Crippen LogP contribution is 2.21. The van der Waals surface area contributed by atoms with Gasteiger partial charge in [0.25, 0.3) is 5.91 Å². The fourth-order valence-corrected chi connectivity index (χ4v) is 2.11. The van der Waals surface area contributed by atoms with E-state index in [9.17, 15) is 9.59 Å². The first-order chi connectivity index (χ1) is 8.79. The predicted molar refractivity (Wildman–Crippen MR) is 75.7 cm³/mol. The molecule has 0 aliphatic heterocycles. The first-order valence-corrected chi connectivity index (χ1v) is 6.91. The van der Waals surface area contributed by atoms with Crippen LogP contribution >= 0.6 is 11.8 Å². The molecule has 1 heterocycles. The van der Waals surface area contributed by atoms with Gasteiger partial charge in [0.1, 0.15) is 11.4 Å². The molecule has 1 aromatic heterocycles. The van der Waals surface area contributed by atoms with Crippen LogP contribution < -0.4 is 5.32 Å². The molecule has 1 aromatic rings. The summed E-state index contributed by atoms with van der Waals surface area (Å²) in [6.07, 6.45) is 0. The highest BCUT2D eigenvalue weighted by atomic mass is 32.2. The summed E-state index contributed by atoms with van der Waals surface area (Å²) in [5.74, 6) is -0.691. The molecule has 0 fully saturated rings. The Balaban J connectivity index is 2.50. The molecule has 2 N–H and O–H groups in total. The summed E-state index contributed by atoms with van der Waals surface area (Å²) in [6.45, 7) is 6.85. The smallest absolute Gasteiger partial charge is 0.354 e. The fourth-order valence-electron chi connectivity index (χ4n) is 1.29. The minimum atomic E-state index is -1.14. The van der Waals surface area contributed by atoms with Crippen LogP contribution in [0.3, 0.4) is 0 Å². The normalized spacial score (nSPS) is 11.1. The highest BCUT2D eigenvalue weighted by Gasteiger charge is 2.12. The number of carbonyl (C=O) groups is 2. The molecule has 6 heteroatoms. The number of aromatic nitrogens is 1. The summed E-state index contributed by atoms with van der Waals surface area (Å²) < 4.78 is 0.159. The minimum absolute atomic E-state index is 0.126. The standard InChI is InChI=1S/C13H18N2O3S/c1-13(2,3)19-8-7-14-11(16)9-5-4-6-10(15-9)12(17)18/h4-6H,7-8H2,1-3H3,(H,14,16)(H,17,18). The molecule has 19 heavy (non-hydrogen) atoms. The first kappa shape index (κ1) is 15.5. The van der Waals surface area contributed by atoms with Gasteiger partial charge in [0.15, 0.2) is 0 Å². The molecule has 0 aliphatic rings. The number of carboxylic acid groups (broad SMARTS) is 1. The van der Waals surface area contributed by atoms with Gasteiger partial charge in [-0.1, -0.05) is 26.8 Å². The number of carbonyl (C=O) groups excluding carboxylic acids is 1. The van der Waals surface area contributed by atoms with E-state index in [4.69, 9.17) is 5.11 Å². The third kappa shape index (κ3) is 5.74. The Morgan fingerprint density at radius 3 is 2.53 bits per heavy atom. The summed E-state index contributed by atoms with van der Waals surface area (Å²) in [5, 5.41) is 11.5. The number of nitrogens with one attached hydrogen (secondary N) is 1. The Labute approximate surface area is 116 Å². The van der Waals surface area contributed by atoms with Crippen LogP contribution in [0, 0.1) is 0 Å². The third-order valence-electron chi connectivity index (χ3n) is 2.12. The molecule has 0 aromatic carbocycles. The number of aromatic carboxylic acids is 1. The van der Waals surface area contributed by atoms with Gasteiger partial charge < -0.3 is 10.4 Å². The maximum atomic E-state index is 11.8. The zero-order chi connectivity index (χ0) is 14.5. The number of nitrogens with zero attached hydrogens (tertiary/aromatic N) is 1. The van der Waals surface area contributed by atoms with Gasteiger partial charge in [-0.05, 0) is 12.1 Å². The van der Waals surface area contributed by atoms with E-state index in [-0.39, 0.29) is 22.0 Å². The molecule has 1 rings (SSSR count). The number of thioether (sulfide) groups is 1. The minimum Gasteiger partial charge on any atom is -0.477 e. The van der Waals surface area contributed by atoms with Crippen molar-refractivity contribution >= 4 is 23.6 Å². The SMILES string of the molecule is CC(C)(C)SCCNC(=O)c1cccc(C(=O)O)n1. The average Bonchev–Trinajstić information content (AvgIpc) is 2.33. The van der Waals surface area contributed by atoms with Gasteiger partial charge in [-0.25, -0.2) is 9.78 Å². The molecule has 0 atom stereocenters. The molecule has 0 spiro atoms. The number of carboxylic acids is 1.